The van der Waals surface area contributed by atoms with Crippen LogP contribution in [0.4, 0.5) is 5.82 Å². The standard InChI is InChI=1S/C19H26N4O3/c20-16-14(2-1-7-21-16)11-22-8-5-19(6-9-22)10-15(18(25)26)23(12-19)17(24)13-3-4-13/h1-2,7,13,15H,3-6,8-12H2,(H2,20,21)(H,25,26). The lowest BCUT2D eigenvalue weighted by atomic mass is 9.76. The summed E-state index contributed by atoms with van der Waals surface area (Å²) >= 11 is 0. The fourth-order valence-electron chi connectivity index (χ4n) is 4.45. The van der Waals surface area contributed by atoms with Gasteiger partial charge in [-0.1, -0.05) is 6.07 Å². The molecule has 7 heteroatoms. The Morgan fingerprint density at radius 2 is 2.04 bits per heavy atom. The summed E-state index contributed by atoms with van der Waals surface area (Å²) in [5.74, 6) is -0.164. The highest BCUT2D eigenvalue weighted by Gasteiger charge is 2.51. The second-order valence-corrected chi connectivity index (χ2v) is 8.12. The molecular weight excluding hydrogens is 332 g/mol. The van der Waals surface area contributed by atoms with Gasteiger partial charge in [0.1, 0.15) is 11.9 Å². The Balaban J connectivity index is 1.40. The zero-order valence-electron chi connectivity index (χ0n) is 14.9. The number of anilines is 1. The van der Waals surface area contributed by atoms with Crippen LogP contribution in [-0.2, 0) is 16.1 Å². The fourth-order valence-corrected chi connectivity index (χ4v) is 4.45. The average molecular weight is 358 g/mol. The molecule has 1 atom stereocenters. The van der Waals surface area contributed by atoms with Gasteiger partial charge in [-0.2, -0.15) is 0 Å². The summed E-state index contributed by atoms with van der Waals surface area (Å²) in [4.78, 5) is 32.4. The molecule has 1 aromatic heterocycles. The Kier molecular flexibility index (Phi) is 4.34. The zero-order valence-corrected chi connectivity index (χ0v) is 14.9. The zero-order chi connectivity index (χ0) is 18.3. The van der Waals surface area contributed by atoms with Gasteiger partial charge < -0.3 is 15.7 Å². The molecular formula is C19H26N4O3. The predicted molar refractivity (Wildman–Crippen MR) is 96.1 cm³/mol. The van der Waals surface area contributed by atoms with Crippen molar-refractivity contribution in [2.24, 2.45) is 11.3 Å². The van der Waals surface area contributed by atoms with Crippen molar-refractivity contribution in [1.82, 2.24) is 14.8 Å². The molecule has 2 aliphatic heterocycles. The average Bonchev–Trinajstić information content (AvgIpc) is 3.41. The lowest BCUT2D eigenvalue weighted by Crippen LogP contribution is -2.43. The second-order valence-electron chi connectivity index (χ2n) is 8.12. The highest BCUT2D eigenvalue weighted by atomic mass is 16.4. The number of aliphatic carboxylic acids is 1. The predicted octanol–water partition coefficient (Wildman–Crippen LogP) is 1.34. The number of carbonyl (C=O) groups excluding carboxylic acids is 1. The summed E-state index contributed by atoms with van der Waals surface area (Å²) in [6.07, 6.45) is 5.95. The van der Waals surface area contributed by atoms with Crippen LogP contribution in [-0.4, -0.2) is 57.4 Å². The molecule has 3 fully saturated rings. The molecule has 2 saturated heterocycles. The van der Waals surface area contributed by atoms with E-state index in [2.05, 4.69) is 9.88 Å². The molecule has 1 unspecified atom stereocenters. The third kappa shape index (κ3) is 3.28. The van der Waals surface area contributed by atoms with Crippen LogP contribution in [0.1, 0.15) is 37.7 Å². The Morgan fingerprint density at radius 1 is 1.31 bits per heavy atom. The van der Waals surface area contributed by atoms with Crippen molar-refractivity contribution in [3.8, 4) is 0 Å². The number of hydrogen-bond donors (Lipinski definition) is 2. The fraction of sp³-hybridized carbons (Fsp3) is 0.632. The molecule has 7 nitrogen and oxygen atoms in total. The molecule has 4 rings (SSSR count). The maximum absolute atomic E-state index is 12.5. The van der Waals surface area contributed by atoms with E-state index in [0.717, 1.165) is 50.9 Å². The molecule has 1 aromatic rings. The van der Waals surface area contributed by atoms with Crippen molar-refractivity contribution in [2.75, 3.05) is 25.4 Å². The maximum Gasteiger partial charge on any atom is 0.326 e. The van der Waals surface area contributed by atoms with Crippen LogP contribution in [0.2, 0.25) is 0 Å². The molecule has 0 aromatic carbocycles. The van der Waals surface area contributed by atoms with E-state index in [0.29, 0.717) is 18.8 Å². The third-order valence-corrected chi connectivity index (χ3v) is 6.24. The number of carboxylic acids is 1. The van der Waals surface area contributed by atoms with E-state index in [4.69, 9.17) is 5.73 Å². The van der Waals surface area contributed by atoms with Crippen LogP contribution in [0.25, 0.3) is 0 Å². The Hall–Kier alpha value is -2.15. The number of hydrogen-bond acceptors (Lipinski definition) is 5. The van der Waals surface area contributed by atoms with E-state index in [1.807, 2.05) is 12.1 Å². The molecule has 1 amide bonds. The van der Waals surface area contributed by atoms with Crippen molar-refractivity contribution >= 4 is 17.7 Å². The highest BCUT2D eigenvalue weighted by Crippen LogP contribution is 2.45. The molecule has 26 heavy (non-hydrogen) atoms. The van der Waals surface area contributed by atoms with Gasteiger partial charge in [-0.05, 0) is 56.7 Å². The third-order valence-electron chi connectivity index (χ3n) is 6.24. The Morgan fingerprint density at radius 3 is 2.65 bits per heavy atom. The van der Waals surface area contributed by atoms with Gasteiger partial charge in [-0.25, -0.2) is 9.78 Å². The quantitative estimate of drug-likeness (QED) is 0.843. The highest BCUT2D eigenvalue weighted by molar-refractivity contribution is 5.87. The summed E-state index contributed by atoms with van der Waals surface area (Å²) in [6.45, 7) is 3.16. The SMILES string of the molecule is Nc1ncccc1CN1CCC2(CC1)CC(C(=O)O)N(C(=O)C1CC1)C2. The summed E-state index contributed by atoms with van der Waals surface area (Å²) in [5.41, 5.74) is 6.92. The molecule has 1 spiro atoms. The Bertz CT molecular complexity index is 710. The molecule has 3 aliphatic rings. The molecule has 1 saturated carbocycles. The number of pyridine rings is 1. The van der Waals surface area contributed by atoms with Crippen LogP contribution in [0, 0.1) is 11.3 Å². The van der Waals surface area contributed by atoms with Crippen LogP contribution in [0.15, 0.2) is 18.3 Å². The normalized spacial score (nSPS) is 25.5. The number of piperidine rings is 1. The number of likely N-dealkylation sites (tertiary alicyclic amines) is 2. The van der Waals surface area contributed by atoms with E-state index in [9.17, 15) is 14.7 Å². The molecule has 0 radical (unpaired) electrons. The van der Waals surface area contributed by atoms with E-state index < -0.39 is 12.0 Å². The van der Waals surface area contributed by atoms with Gasteiger partial charge in [0.05, 0.1) is 0 Å². The van der Waals surface area contributed by atoms with Crippen LogP contribution >= 0.6 is 0 Å². The van der Waals surface area contributed by atoms with Gasteiger partial charge in [0.25, 0.3) is 0 Å². The molecule has 0 bridgehead atoms. The van der Waals surface area contributed by atoms with E-state index in [1.54, 1.807) is 11.1 Å². The first-order valence-electron chi connectivity index (χ1n) is 9.42. The van der Waals surface area contributed by atoms with Gasteiger partial charge in [0.2, 0.25) is 5.91 Å². The van der Waals surface area contributed by atoms with E-state index in [1.165, 1.54) is 0 Å². The van der Waals surface area contributed by atoms with Gasteiger partial charge in [-0.3, -0.25) is 9.69 Å². The number of carbonyl (C=O) groups is 2. The van der Waals surface area contributed by atoms with Crippen molar-refractivity contribution < 1.29 is 14.7 Å². The van der Waals surface area contributed by atoms with Crippen molar-refractivity contribution in [2.45, 2.75) is 44.7 Å². The maximum atomic E-state index is 12.5. The van der Waals surface area contributed by atoms with Gasteiger partial charge in [0.15, 0.2) is 0 Å². The topological polar surface area (TPSA) is 99.8 Å². The second kappa shape index (κ2) is 6.54. The minimum Gasteiger partial charge on any atom is -0.480 e. The van der Waals surface area contributed by atoms with Crippen molar-refractivity contribution in [1.29, 1.82) is 0 Å². The van der Waals surface area contributed by atoms with Crippen molar-refractivity contribution in [3.05, 3.63) is 23.9 Å². The minimum atomic E-state index is -0.860. The van der Waals surface area contributed by atoms with E-state index in [-0.39, 0.29) is 17.2 Å². The number of carboxylic acid groups (broad SMARTS) is 1. The summed E-state index contributed by atoms with van der Waals surface area (Å²) in [7, 11) is 0. The van der Waals surface area contributed by atoms with Gasteiger partial charge in [-0.15, -0.1) is 0 Å². The summed E-state index contributed by atoms with van der Waals surface area (Å²) < 4.78 is 0. The molecule has 3 heterocycles. The molecule has 3 N–H and O–H groups in total. The summed E-state index contributed by atoms with van der Waals surface area (Å²) in [6, 6.07) is 3.25. The van der Waals surface area contributed by atoms with Crippen LogP contribution in [0.5, 0.6) is 0 Å². The summed E-state index contributed by atoms with van der Waals surface area (Å²) in [5, 5.41) is 9.60. The van der Waals surface area contributed by atoms with Gasteiger partial charge >= 0.3 is 5.97 Å². The largest absolute Gasteiger partial charge is 0.480 e. The van der Waals surface area contributed by atoms with Gasteiger partial charge in [0, 0.05) is 30.8 Å². The number of amides is 1. The smallest absolute Gasteiger partial charge is 0.326 e. The number of aromatic nitrogens is 1. The Labute approximate surface area is 153 Å². The van der Waals surface area contributed by atoms with E-state index >= 15 is 0 Å². The molecule has 1 aliphatic carbocycles. The van der Waals surface area contributed by atoms with Crippen molar-refractivity contribution in [3.63, 3.8) is 0 Å². The monoisotopic (exact) mass is 358 g/mol. The lowest BCUT2D eigenvalue weighted by molar-refractivity contribution is -0.148. The number of nitrogens with two attached hydrogens (primary N) is 1. The number of nitrogen functional groups attached to an aromatic ring is 1. The first-order chi connectivity index (χ1) is 12.5. The lowest BCUT2D eigenvalue weighted by Gasteiger charge is -2.39. The first kappa shape index (κ1) is 17.3. The molecule has 140 valence electrons. The number of rotatable bonds is 4. The first-order valence-corrected chi connectivity index (χ1v) is 9.42. The van der Waals surface area contributed by atoms with Crippen LogP contribution < -0.4 is 5.73 Å². The van der Waals surface area contributed by atoms with Crippen LogP contribution in [0.3, 0.4) is 0 Å². The number of nitrogens with zero attached hydrogens (tertiary/aromatic N) is 3. The minimum absolute atomic E-state index is 0.0510.